The Hall–Kier alpha value is -0.688. The summed E-state index contributed by atoms with van der Waals surface area (Å²) in [4.78, 5) is 4.04. The number of hydrogen-bond acceptors (Lipinski definition) is 4. The fraction of sp³-hybridized carbons (Fsp3) is 0.615. The molecule has 1 rings (SSSR count). The molecule has 0 aliphatic rings. The highest BCUT2D eigenvalue weighted by Gasteiger charge is 2.37. The first-order chi connectivity index (χ1) is 8.56. The minimum Gasteiger partial charge on any atom is -0.423 e. The predicted octanol–water partition coefficient (Wildman–Crippen LogP) is 1.59. The number of pyridine rings is 1. The minimum atomic E-state index is -1.81. The molecule has 0 radical (unpaired) electrons. The predicted molar refractivity (Wildman–Crippen MR) is 80.8 cm³/mol. The Labute approximate surface area is 117 Å². The van der Waals surface area contributed by atoms with E-state index in [1.165, 1.54) is 6.20 Å². The molecule has 4 nitrogen and oxygen atoms in total. The summed E-state index contributed by atoms with van der Waals surface area (Å²) < 4.78 is 6.13. The van der Waals surface area contributed by atoms with Crippen LogP contribution in [0.15, 0.2) is 12.4 Å². The molecule has 1 heterocycles. The van der Waals surface area contributed by atoms with E-state index in [2.05, 4.69) is 38.8 Å². The van der Waals surface area contributed by atoms with E-state index in [-0.39, 0.29) is 5.04 Å². The maximum atomic E-state index is 9.27. The number of nitrogens with zero attached hydrogens (tertiary/aromatic N) is 1. The maximum Gasteiger partial charge on any atom is 0.490 e. The molecule has 0 saturated heterocycles. The Kier molecular flexibility index (Phi) is 4.95. The van der Waals surface area contributed by atoms with E-state index in [0.29, 0.717) is 12.1 Å². The van der Waals surface area contributed by atoms with Crippen molar-refractivity contribution in [2.24, 2.45) is 0 Å². The summed E-state index contributed by atoms with van der Waals surface area (Å²) in [7, 11) is -3.29. The lowest BCUT2D eigenvalue weighted by Crippen LogP contribution is -2.41. The Bertz CT molecular complexity index is 444. The van der Waals surface area contributed by atoms with E-state index in [1.54, 1.807) is 6.20 Å². The van der Waals surface area contributed by atoms with Gasteiger partial charge in [0.2, 0.25) is 0 Å². The van der Waals surface area contributed by atoms with Crippen LogP contribution in [0.3, 0.4) is 0 Å². The molecule has 2 N–H and O–H groups in total. The minimum absolute atomic E-state index is 0.155. The molecular weight excluding hydrogens is 257 g/mol. The van der Waals surface area contributed by atoms with E-state index >= 15 is 0 Å². The molecule has 0 aromatic carbocycles. The van der Waals surface area contributed by atoms with E-state index in [0.717, 1.165) is 11.1 Å². The van der Waals surface area contributed by atoms with Gasteiger partial charge in [0.05, 0.1) is 6.61 Å². The molecule has 0 atom stereocenters. The molecule has 0 amide bonds. The van der Waals surface area contributed by atoms with Gasteiger partial charge in [-0.15, -0.1) is 0 Å². The van der Waals surface area contributed by atoms with Crippen molar-refractivity contribution in [2.45, 2.75) is 52.4 Å². The smallest absolute Gasteiger partial charge is 0.423 e. The Morgan fingerprint density at radius 2 is 1.84 bits per heavy atom. The zero-order valence-electron chi connectivity index (χ0n) is 12.7. The van der Waals surface area contributed by atoms with Crippen LogP contribution in [0, 0.1) is 6.92 Å². The molecule has 0 saturated carbocycles. The molecule has 1 aromatic heterocycles. The topological polar surface area (TPSA) is 62.6 Å². The largest absolute Gasteiger partial charge is 0.490 e. The van der Waals surface area contributed by atoms with Gasteiger partial charge in [-0.25, -0.2) is 0 Å². The standard InChI is InChI=1S/C13H24BNO3Si/c1-10-11(7-15-8-12(10)14(16)17)9-18-19(5,6)13(2,3)4/h7-8,16-17H,9H2,1-6H3. The lowest BCUT2D eigenvalue weighted by molar-refractivity contribution is 0.275. The molecular formula is C13H24BNO3Si. The van der Waals surface area contributed by atoms with Crippen molar-refractivity contribution >= 4 is 20.9 Å². The van der Waals surface area contributed by atoms with Crippen LogP contribution < -0.4 is 5.46 Å². The number of rotatable bonds is 4. The molecule has 1 aromatic rings. The van der Waals surface area contributed by atoms with Crippen LogP contribution in [-0.2, 0) is 11.0 Å². The summed E-state index contributed by atoms with van der Waals surface area (Å²) >= 11 is 0. The van der Waals surface area contributed by atoms with Gasteiger partial charge in [-0.05, 0) is 36.2 Å². The molecule has 0 aliphatic carbocycles. The van der Waals surface area contributed by atoms with Crippen LogP contribution in [0.1, 0.15) is 31.9 Å². The molecule has 6 heteroatoms. The molecule has 0 fully saturated rings. The zero-order valence-corrected chi connectivity index (χ0v) is 13.7. The van der Waals surface area contributed by atoms with Crippen LogP contribution in [-0.4, -0.2) is 30.5 Å². The average molecular weight is 281 g/mol. The van der Waals surface area contributed by atoms with Crippen LogP contribution >= 0.6 is 0 Å². The number of aromatic nitrogens is 1. The van der Waals surface area contributed by atoms with Gasteiger partial charge in [0.1, 0.15) is 0 Å². The molecule has 19 heavy (non-hydrogen) atoms. The highest BCUT2D eigenvalue weighted by molar-refractivity contribution is 6.74. The Balaban J connectivity index is 2.88. The third-order valence-corrected chi connectivity index (χ3v) is 8.51. The fourth-order valence-electron chi connectivity index (χ4n) is 1.47. The van der Waals surface area contributed by atoms with Crippen LogP contribution in [0.4, 0.5) is 0 Å². The van der Waals surface area contributed by atoms with Gasteiger partial charge in [-0.2, -0.15) is 0 Å². The molecule has 106 valence electrons. The lowest BCUT2D eigenvalue weighted by Gasteiger charge is -2.36. The number of hydrogen-bond donors (Lipinski definition) is 2. The first kappa shape index (κ1) is 16.4. The van der Waals surface area contributed by atoms with E-state index < -0.39 is 15.4 Å². The summed E-state index contributed by atoms with van der Waals surface area (Å²) in [6.07, 6.45) is 3.21. The summed E-state index contributed by atoms with van der Waals surface area (Å²) in [6, 6.07) is 0. The molecule has 0 spiro atoms. The van der Waals surface area contributed by atoms with E-state index in [4.69, 9.17) is 4.43 Å². The van der Waals surface area contributed by atoms with Crippen molar-refractivity contribution in [3.8, 4) is 0 Å². The third kappa shape index (κ3) is 3.89. The lowest BCUT2D eigenvalue weighted by atomic mass is 9.77. The molecule has 0 unspecified atom stereocenters. The SMILES string of the molecule is Cc1c(CO[Si](C)(C)C(C)(C)C)cncc1B(O)O. The zero-order chi connectivity index (χ0) is 14.8. The first-order valence-electron chi connectivity index (χ1n) is 6.50. The molecule has 0 aliphatic heterocycles. The fourth-order valence-corrected chi connectivity index (χ4v) is 2.42. The van der Waals surface area contributed by atoms with Crippen molar-refractivity contribution in [3.05, 3.63) is 23.5 Å². The quantitative estimate of drug-likeness (QED) is 0.823. The maximum absolute atomic E-state index is 9.27. The highest BCUT2D eigenvalue weighted by atomic mass is 28.4. The second-order valence-electron chi connectivity index (χ2n) is 6.44. The normalized spacial score (nSPS) is 12.6. The average Bonchev–Trinajstić information content (AvgIpc) is 2.25. The van der Waals surface area contributed by atoms with Gasteiger partial charge in [0.25, 0.3) is 0 Å². The summed E-state index contributed by atoms with van der Waals surface area (Å²) in [5.74, 6) is 0. The van der Waals surface area contributed by atoms with Gasteiger partial charge in [0.15, 0.2) is 8.32 Å². The molecule has 0 bridgehead atoms. The van der Waals surface area contributed by atoms with Gasteiger partial charge in [0, 0.05) is 17.9 Å². The van der Waals surface area contributed by atoms with E-state index in [9.17, 15) is 10.0 Å². The van der Waals surface area contributed by atoms with Gasteiger partial charge < -0.3 is 14.5 Å². The third-order valence-electron chi connectivity index (χ3n) is 4.03. The van der Waals surface area contributed by atoms with Gasteiger partial charge in [-0.3, -0.25) is 4.98 Å². The van der Waals surface area contributed by atoms with Crippen molar-refractivity contribution in [1.82, 2.24) is 4.98 Å². The Morgan fingerprint density at radius 1 is 1.26 bits per heavy atom. The van der Waals surface area contributed by atoms with Gasteiger partial charge in [-0.1, -0.05) is 20.8 Å². The van der Waals surface area contributed by atoms with Crippen molar-refractivity contribution in [2.75, 3.05) is 0 Å². The first-order valence-corrected chi connectivity index (χ1v) is 9.40. The van der Waals surface area contributed by atoms with Crippen molar-refractivity contribution in [1.29, 1.82) is 0 Å². The van der Waals surface area contributed by atoms with Crippen molar-refractivity contribution in [3.63, 3.8) is 0 Å². The summed E-state index contributed by atoms with van der Waals surface area (Å²) in [5.41, 5.74) is 2.19. The van der Waals surface area contributed by atoms with E-state index in [1.807, 2.05) is 6.92 Å². The second kappa shape index (κ2) is 5.75. The summed E-state index contributed by atoms with van der Waals surface area (Å²) in [5, 5.41) is 18.7. The van der Waals surface area contributed by atoms with Crippen LogP contribution in [0.2, 0.25) is 18.1 Å². The van der Waals surface area contributed by atoms with Crippen LogP contribution in [0.25, 0.3) is 0 Å². The monoisotopic (exact) mass is 281 g/mol. The Morgan fingerprint density at radius 3 is 2.32 bits per heavy atom. The van der Waals surface area contributed by atoms with Gasteiger partial charge >= 0.3 is 7.12 Å². The second-order valence-corrected chi connectivity index (χ2v) is 11.2. The summed E-state index contributed by atoms with van der Waals surface area (Å²) in [6.45, 7) is 13.3. The van der Waals surface area contributed by atoms with Crippen molar-refractivity contribution < 1.29 is 14.5 Å². The highest BCUT2D eigenvalue weighted by Crippen LogP contribution is 2.37. The van der Waals surface area contributed by atoms with Crippen LogP contribution in [0.5, 0.6) is 0 Å².